The number of nitrogens with zero attached hydrogens (tertiary/aromatic N) is 6. The SMILES string of the molecule is COc1ccccc1C(c1nnnn1C(C)(C)C)N1CCN(c2ccc(F)cc2)CC1.Cl. The highest BCUT2D eigenvalue weighted by molar-refractivity contribution is 5.85. The second kappa shape index (κ2) is 9.83. The lowest BCUT2D eigenvalue weighted by Gasteiger charge is -2.40. The van der Waals surface area contributed by atoms with Gasteiger partial charge in [-0.05, 0) is 61.5 Å². The van der Waals surface area contributed by atoms with Gasteiger partial charge in [0.25, 0.3) is 0 Å². The summed E-state index contributed by atoms with van der Waals surface area (Å²) >= 11 is 0. The van der Waals surface area contributed by atoms with Gasteiger partial charge in [-0.3, -0.25) is 4.90 Å². The molecule has 1 aliphatic heterocycles. The summed E-state index contributed by atoms with van der Waals surface area (Å²) in [4.78, 5) is 4.67. The Kier molecular flexibility index (Phi) is 7.36. The van der Waals surface area contributed by atoms with Crippen LogP contribution in [0, 0.1) is 5.82 Å². The van der Waals surface area contributed by atoms with E-state index in [0.29, 0.717) is 0 Å². The fourth-order valence-electron chi connectivity index (χ4n) is 4.12. The molecule has 1 saturated heterocycles. The maximum atomic E-state index is 13.3. The van der Waals surface area contributed by atoms with Crippen molar-refractivity contribution in [3.8, 4) is 5.75 Å². The number of halogens is 2. The molecule has 0 spiro atoms. The van der Waals surface area contributed by atoms with Gasteiger partial charge < -0.3 is 9.64 Å². The number of hydrogen-bond donors (Lipinski definition) is 0. The van der Waals surface area contributed by atoms with Gasteiger partial charge in [0, 0.05) is 37.4 Å². The third-order valence-electron chi connectivity index (χ3n) is 5.68. The van der Waals surface area contributed by atoms with E-state index in [4.69, 9.17) is 4.74 Å². The molecule has 0 radical (unpaired) electrons. The number of ether oxygens (including phenoxy) is 1. The second-order valence-electron chi connectivity index (χ2n) is 8.76. The van der Waals surface area contributed by atoms with Crippen LogP contribution in [0.4, 0.5) is 10.1 Å². The van der Waals surface area contributed by atoms with Crippen LogP contribution in [0.1, 0.15) is 38.2 Å². The van der Waals surface area contributed by atoms with E-state index in [2.05, 4.69) is 52.2 Å². The number of piperazine rings is 1. The molecule has 0 bridgehead atoms. The normalized spacial score (nSPS) is 15.8. The van der Waals surface area contributed by atoms with Gasteiger partial charge in [-0.1, -0.05) is 18.2 Å². The van der Waals surface area contributed by atoms with Crippen LogP contribution >= 0.6 is 12.4 Å². The quantitative estimate of drug-likeness (QED) is 0.575. The Morgan fingerprint density at radius 2 is 1.62 bits per heavy atom. The van der Waals surface area contributed by atoms with Gasteiger partial charge >= 0.3 is 0 Å². The minimum absolute atomic E-state index is 0. The molecule has 0 aliphatic carbocycles. The zero-order valence-corrected chi connectivity index (χ0v) is 19.7. The van der Waals surface area contributed by atoms with E-state index in [1.807, 2.05) is 35.0 Å². The summed E-state index contributed by atoms with van der Waals surface area (Å²) in [6.45, 7) is 9.58. The van der Waals surface area contributed by atoms with Crippen molar-refractivity contribution in [2.45, 2.75) is 32.4 Å². The first-order valence-electron chi connectivity index (χ1n) is 10.5. The van der Waals surface area contributed by atoms with E-state index < -0.39 is 0 Å². The number of rotatable bonds is 5. The van der Waals surface area contributed by atoms with Gasteiger partial charge in [-0.15, -0.1) is 17.5 Å². The van der Waals surface area contributed by atoms with Gasteiger partial charge in [-0.2, -0.15) is 0 Å². The molecule has 1 atom stereocenters. The molecule has 2 heterocycles. The fraction of sp³-hybridized carbons (Fsp3) is 0.435. The highest BCUT2D eigenvalue weighted by Gasteiger charge is 2.34. The lowest BCUT2D eigenvalue weighted by Crippen LogP contribution is -2.48. The molecule has 172 valence electrons. The summed E-state index contributed by atoms with van der Waals surface area (Å²) in [6.07, 6.45) is 0. The first-order valence-corrected chi connectivity index (χ1v) is 10.5. The highest BCUT2D eigenvalue weighted by Crippen LogP contribution is 2.35. The molecular formula is C23H30ClFN6O. The standard InChI is InChI=1S/C23H29FN6O.ClH/c1-23(2,3)30-22(25-26-27-30)21(19-7-5-6-8-20(19)31-4)29-15-13-28(14-16-29)18-11-9-17(24)10-12-18;/h5-12,21H,13-16H2,1-4H3;1H. The Morgan fingerprint density at radius 1 is 0.969 bits per heavy atom. The van der Waals surface area contributed by atoms with Crippen molar-refractivity contribution in [1.29, 1.82) is 0 Å². The van der Waals surface area contributed by atoms with E-state index in [9.17, 15) is 4.39 Å². The summed E-state index contributed by atoms with van der Waals surface area (Å²) in [7, 11) is 1.69. The lowest BCUT2D eigenvalue weighted by atomic mass is 10.0. The number of methoxy groups -OCH3 is 1. The molecule has 3 aromatic rings. The highest BCUT2D eigenvalue weighted by atomic mass is 35.5. The zero-order valence-electron chi connectivity index (χ0n) is 18.9. The molecule has 1 aromatic heterocycles. The summed E-state index contributed by atoms with van der Waals surface area (Å²) in [5.41, 5.74) is 1.82. The molecule has 2 aromatic carbocycles. The molecule has 9 heteroatoms. The van der Waals surface area contributed by atoms with Crippen molar-refractivity contribution in [3.63, 3.8) is 0 Å². The van der Waals surface area contributed by atoms with E-state index in [-0.39, 0.29) is 29.8 Å². The number of anilines is 1. The van der Waals surface area contributed by atoms with Crippen molar-refractivity contribution < 1.29 is 9.13 Å². The molecule has 1 fully saturated rings. The molecule has 32 heavy (non-hydrogen) atoms. The lowest BCUT2D eigenvalue weighted by molar-refractivity contribution is 0.188. The first-order chi connectivity index (χ1) is 14.9. The Morgan fingerprint density at radius 3 is 2.25 bits per heavy atom. The summed E-state index contributed by atoms with van der Waals surface area (Å²) in [5.74, 6) is 1.40. The molecule has 1 unspecified atom stereocenters. The summed E-state index contributed by atoms with van der Waals surface area (Å²) < 4.78 is 20.9. The molecule has 4 rings (SSSR count). The van der Waals surface area contributed by atoms with Gasteiger partial charge in [-0.25, -0.2) is 9.07 Å². The Hall–Kier alpha value is -2.71. The van der Waals surface area contributed by atoms with Gasteiger partial charge in [0.15, 0.2) is 5.82 Å². The number of tetrazole rings is 1. The van der Waals surface area contributed by atoms with Crippen molar-refractivity contribution in [2.24, 2.45) is 0 Å². The Bertz CT molecular complexity index is 1010. The fourth-order valence-corrected chi connectivity index (χ4v) is 4.12. The molecule has 7 nitrogen and oxygen atoms in total. The van der Waals surface area contributed by atoms with E-state index in [0.717, 1.165) is 49.0 Å². The molecular weight excluding hydrogens is 431 g/mol. The largest absolute Gasteiger partial charge is 0.496 e. The van der Waals surface area contributed by atoms with Crippen LogP contribution in [-0.2, 0) is 5.54 Å². The average molecular weight is 461 g/mol. The van der Waals surface area contributed by atoms with Crippen LogP contribution in [0.3, 0.4) is 0 Å². The van der Waals surface area contributed by atoms with Gasteiger partial charge in [0.05, 0.1) is 12.6 Å². The number of benzene rings is 2. The maximum Gasteiger partial charge on any atom is 0.173 e. The smallest absolute Gasteiger partial charge is 0.173 e. The zero-order chi connectivity index (χ0) is 22.0. The monoisotopic (exact) mass is 460 g/mol. The van der Waals surface area contributed by atoms with Crippen LogP contribution in [-0.4, -0.2) is 58.4 Å². The molecule has 0 amide bonds. The third-order valence-corrected chi connectivity index (χ3v) is 5.68. The first kappa shape index (κ1) is 23.9. The number of para-hydroxylation sites is 1. The predicted molar refractivity (Wildman–Crippen MR) is 125 cm³/mol. The number of hydrogen-bond acceptors (Lipinski definition) is 6. The van der Waals surface area contributed by atoms with Crippen molar-refractivity contribution in [3.05, 3.63) is 65.7 Å². The summed E-state index contributed by atoms with van der Waals surface area (Å²) in [6, 6.07) is 14.6. The minimum atomic E-state index is -0.255. The van der Waals surface area contributed by atoms with Gasteiger partial charge in [0.2, 0.25) is 0 Å². The van der Waals surface area contributed by atoms with E-state index in [1.165, 1.54) is 12.1 Å². The van der Waals surface area contributed by atoms with Crippen LogP contribution < -0.4 is 9.64 Å². The van der Waals surface area contributed by atoms with Crippen LogP contribution in [0.15, 0.2) is 48.5 Å². The maximum absolute atomic E-state index is 13.3. The van der Waals surface area contributed by atoms with Crippen LogP contribution in [0.2, 0.25) is 0 Å². The average Bonchev–Trinajstić information content (AvgIpc) is 3.26. The molecule has 0 saturated carbocycles. The van der Waals surface area contributed by atoms with Crippen molar-refractivity contribution in [2.75, 3.05) is 38.2 Å². The number of aromatic nitrogens is 4. The van der Waals surface area contributed by atoms with Gasteiger partial charge in [0.1, 0.15) is 17.6 Å². The second-order valence-corrected chi connectivity index (χ2v) is 8.76. The predicted octanol–water partition coefficient (Wildman–Crippen LogP) is 3.91. The van der Waals surface area contributed by atoms with Crippen molar-refractivity contribution in [1.82, 2.24) is 25.1 Å². The molecule has 1 aliphatic rings. The van der Waals surface area contributed by atoms with Crippen LogP contribution in [0.25, 0.3) is 0 Å². The van der Waals surface area contributed by atoms with E-state index in [1.54, 1.807) is 7.11 Å². The third kappa shape index (κ3) is 4.86. The van der Waals surface area contributed by atoms with Crippen LogP contribution in [0.5, 0.6) is 5.75 Å². The molecule has 0 N–H and O–H groups in total. The van der Waals surface area contributed by atoms with E-state index >= 15 is 0 Å². The van der Waals surface area contributed by atoms with Crippen molar-refractivity contribution >= 4 is 18.1 Å². The topological polar surface area (TPSA) is 59.3 Å². The Labute approximate surface area is 194 Å². The minimum Gasteiger partial charge on any atom is -0.496 e. The Balaban J connectivity index is 0.00000289. The summed E-state index contributed by atoms with van der Waals surface area (Å²) in [5, 5.41) is 12.7.